The van der Waals surface area contributed by atoms with E-state index in [1.807, 2.05) is 30.3 Å². The first kappa shape index (κ1) is 16.8. The Labute approximate surface area is 150 Å². The molecule has 2 aromatic carbocycles. The molecule has 0 aromatic heterocycles. The monoisotopic (exact) mass is 362 g/mol. The van der Waals surface area contributed by atoms with Crippen LogP contribution < -0.4 is 10.2 Å². The summed E-state index contributed by atoms with van der Waals surface area (Å²) in [4.78, 5) is 26.4. The number of nitrogens with zero attached hydrogens (tertiary/aromatic N) is 1. The molecule has 0 radical (unpaired) electrons. The lowest BCUT2D eigenvalue weighted by Gasteiger charge is -2.17. The topological polar surface area (TPSA) is 49.4 Å². The van der Waals surface area contributed by atoms with Gasteiger partial charge in [-0.1, -0.05) is 47.5 Å². The number of carbonyl (C=O) groups is 2. The molecular weight excluding hydrogens is 347 g/mol. The third-order valence-corrected chi connectivity index (χ3v) is 4.95. The number of benzene rings is 2. The molecule has 2 aromatic rings. The summed E-state index contributed by atoms with van der Waals surface area (Å²) < 4.78 is 0. The van der Waals surface area contributed by atoms with E-state index in [2.05, 4.69) is 5.32 Å². The van der Waals surface area contributed by atoms with Crippen molar-refractivity contribution in [2.45, 2.75) is 6.42 Å². The number of hydrogen-bond donors (Lipinski definition) is 1. The molecule has 1 N–H and O–H groups in total. The normalized spacial score (nSPS) is 18.8. The zero-order valence-electron chi connectivity index (χ0n) is 13.0. The van der Waals surface area contributed by atoms with E-state index >= 15 is 0 Å². The van der Waals surface area contributed by atoms with Gasteiger partial charge in [-0.3, -0.25) is 9.59 Å². The van der Waals surface area contributed by atoms with Gasteiger partial charge in [-0.15, -0.1) is 0 Å². The Balaban J connectivity index is 1.63. The molecule has 1 saturated carbocycles. The molecule has 6 heteroatoms. The summed E-state index contributed by atoms with van der Waals surface area (Å²) in [5.41, 5.74) is 1.27. The van der Waals surface area contributed by atoms with Gasteiger partial charge in [-0.05, 0) is 30.7 Å². The maximum absolute atomic E-state index is 12.5. The van der Waals surface area contributed by atoms with Crippen LogP contribution in [0.5, 0.6) is 0 Å². The van der Waals surface area contributed by atoms with Crippen molar-refractivity contribution in [3.05, 3.63) is 58.6 Å². The highest BCUT2D eigenvalue weighted by Gasteiger charge is 2.49. The van der Waals surface area contributed by atoms with Crippen LogP contribution in [0.2, 0.25) is 10.0 Å². The third kappa shape index (κ3) is 3.40. The van der Waals surface area contributed by atoms with Crippen LogP contribution in [0.25, 0.3) is 0 Å². The number of carbonyl (C=O) groups excluding carboxylic acids is 2. The molecule has 0 spiro atoms. The lowest BCUT2D eigenvalue weighted by Crippen LogP contribution is -2.29. The summed E-state index contributed by atoms with van der Waals surface area (Å²) >= 11 is 12.0. The van der Waals surface area contributed by atoms with E-state index in [0.29, 0.717) is 22.2 Å². The first-order chi connectivity index (χ1) is 11.5. The Kier molecular flexibility index (Phi) is 4.78. The van der Waals surface area contributed by atoms with Crippen LogP contribution in [-0.4, -0.2) is 18.9 Å². The zero-order chi connectivity index (χ0) is 17.3. The van der Waals surface area contributed by atoms with Crippen LogP contribution in [0.4, 0.5) is 11.4 Å². The third-order valence-electron chi connectivity index (χ3n) is 4.13. The van der Waals surface area contributed by atoms with Crippen molar-refractivity contribution in [3.63, 3.8) is 0 Å². The van der Waals surface area contributed by atoms with E-state index < -0.39 is 0 Å². The highest BCUT2D eigenvalue weighted by atomic mass is 35.5. The fourth-order valence-electron chi connectivity index (χ4n) is 2.61. The van der Waals surface area contributed by atoms with E-state index in [-0.39, 0.29) is 23.7 Å². The molecule has 1 fully saturated rings. The maximum atomic E-state index is 12.5. The molecule has 0 bridgehead atoms. The Bertz CT molecular complexity index is 780. The van der Waals surface area contributed by atoms with Crippen molar-refractivity contribution in [1.82, 2.24) is 0 Å². The van der Waals surface area contributed by atoms with Gasteiger partial charge in [0, 0.05) is 12.7 Å². The molecule has 24 heavy (non-hydrogen) atoms. The van der Waals surface area contributed by atoms with Crippen molar-refractivity contribution in [2.24, 2.45) is 11.8 Å². The molecule has 2 amide bonds. The van der Waals surface area contributed by atoms with Gasteiger partial charge in [0.1, 0.15) is 0 Å². The summed E-state index contributed by atoms with van der Waals surface area (Å²) in [6.45, 7) is 0. The number of anilines is 2. The van der Waals surface area contributed by atoms with E-state index in [0.717, 1.165) is 5.69 Å². The molecule has 1 aliphatic carbocycles. The summed E-state index contributed by atoms with van der Waals surface area (Å²) in [5, 5.41) is 3.43. The first-order valence-corrected chi connectivity index (χ1v) is 8.32. The quantitative estimate of drug-likeness (QED) is 0.884. The van der Waals surface area contributed by atoms with Crippen LogP contribution in [0.1, 0.15) is 6.42 Å². The predicted octanol–water partition coefficient (Wildman–Crippen LogP) is 4.23. The Morgan fingerprint density at radius 3 is 2.46 bits per heavy atom. The van der Waals surface area contributed by atoms with E-state index in [1.165, 1.54) is 0 Å². The van der Waals surface area contributed by atoms with Crippen LogP contribution in [0.3, 0.4) is 0 Å². The van der Waals surface area contributed by atoms with E-state index in [9.17, 15) is 9.59 Å². The van der Waals surface area contributed by atoms with Crippen LogP contribution in [-0.2, 0) is 9.59 Å². The van der Waals surface area contributed by atoms with Crippen molar-refractivity contribution >= 4 is 46.4 Å². The minimum absolute atomic E-state index is 0.0569. The number of amides is 2. The van der Waals surface area contributed by atoms with Gasteiger partial charge in [0.2, 0.25) is 11.8 Å². The molecule has 124 valence electrons. The molecule has 3 rings (SSSR count). The van der Waals surface area contributed by atoms with Crippen molar-refractivity contribution in [1.29, 1.82) is 0 Å². The van der Waals surface area contributed by atoms with Crippen molar-refractivity contribution in [3.8, 4) is 0 Å². The first-order valence-electron chi connectivity index (χ1n) is 7.56. The highest BCUT2D eigenvalue weighted by Crippen LogP contribution is 2.42. The zero-order valence-corrected chi connectivity index (χ0v) is 14.5. The predicted molar refractivity (Wildman–Crippen MR) is 96.5 cm³/mol. The van der Waals surface area contributed by atoms with Gasteiger partial charge in [0.25, 0.3) is 0 Å². The second-order valence-corrected chi connectivity index (χ2v) is 6.56. The van der Waals surface area contributed by atoms with Crippen LogP contribution >= 0.6 is 23.2 Å². The van der Waals surface area contributed by atoms with Gasteiger partial charge in [-0.25, -0.2) is 0 Å². The summed E-state index contributed by atoms with van der Waals surface area (Å²) in [6.07, 6.45) is 0.542. The molecular formula is C18H16Cl2N2O2. The molecule has 1 aliphatic rings. The highest BCUT2D eigenvalue weighted by molar-refractivity contribution is 6.44. The average Bonchev–Trinajstić information content (AvgIpc) is 3.39. The molecule has 0 saturated heterocycles. The summed E-state index contributed by atoms with van der Waals surface area (Å²) in [7, 11) is 1.72. The van der Waals surface area contributed by atoms with Gasteiger partial charge in [0.15, 0.2) is 0 Å². The van der Waals surface area contributed by atoms with Crippen LogP contribution in [0, 0.1) is 11.8 Å². The lowest BCUT2D eigenvalue weighted by molar-refractivity contribution is -0.123. The van der Waals surface area contributed by atoms with Crippen molar-refractivity contribution in [2.75, 3.05) is 17.3 Å². The number of hydrogen-bond acceptors (Lipinski definition) is 2. The summed E-state index contributed by atoms with van der Waals surface area (Å²) in [5.74, 6) is -0.899. The van der Waals surface area contributed by atoms with Crippen LogP contribution in [0.15, 0.2) is 48.5 Å². The minimum Gasteiger partial charge on any atom is -0.324 e. The molecule has 2 atom stereocenters. The molecule has 2 unspecified atom stereocenters. The second-order valence-electron chi connectivity index (χ2n) is 5.77. The van der Waals surface area contributed by atoms with Gasteiger partial charge in [-0.2, -0.15) is 0 Å². The smallest absolute Gasteiger partial charge is 0.230 e. The van der Waals surface area contributed by atoms with Gasteiger partial charge in [0.05, 0.1) is 27.6 Å². The van der Waals surface area contributed by atoms with E-state index in [1.54, 1.807) is 30.1 Å². The van der Waals surface area contributed by atoms with Crippen molar-refractivity contribution < 1.29 is 9.59 Å². The van der Waals surface area contributed by atoms with Gasteiger partial charge >= 0.3 is 0 Å². The maximum Gasteiger partial charge on any atom is 0.230 e. The standard InChI is InChI=1S/C18H16Cl2N2O2/c1-22(11-6-3-2-4-7-11)18(24)13-10-12(13)17(23)21-15-9-5-8-14(19)16(15)20/h2-9,12-13H,10H2,1H3,(H,21,23). The fourth-order valence-corrected chi connectivity index (χ4v) is 2.96. The SMILES string of the molecule is CN(C(=O)C1CC1C(=O)Nc1cccc(Cl)c1Cl)c1ccccc1. The molecule has 4 nitrogen and oxygen atoms in total. The number of halogens is 2. The molecule has 0 aliphatic heterocycles. The average molecular weight is 363 g/mol. The molecule has 0 heterocycles. The minimum atomic E-state index is -0.335. The second kappa shape index (κ2) is 6.83. The Morgan fingerprint density at radius 1 is 1.04 bits per heavy atom. The Hall–Kier alpha value is -2.04. The van der Waals surface area contributed by atoms with E-state index in [4.69, 9.17) is 23.2 Å². The number of rotatable bonds is 4. The van der Waals surface area contributed by atoms with Gasteiger partial charge < -0.3 is 10.2 Å². The Morgan fingerprint density at radius 2 is 1.75 bits per heavy atom. The lowest BCUT2D eigenvalue weighted by atomic mass is 10.2. The number of nitrogens with one attached hydrogen (secondary N) is 1. The number of para-hydroxylation sites is 1. The largest absolute Gasteiger partial charge is 0.324 e. The fraction of sp³-hybridized carbons (Fsp3) is 0.222. The summed E-state index contributed by atoms with van der Waals surface area (Å²) in [6, 6.07) is 14.4.